The first-order chi connectivity index (χ1) is 13.1. The van der Waals surface area contributed by atoms with E-state index < -0.39 is 11.6 Å². The Hall–Kier alpha value is -3.54. The number of aromatic nitrogens is 2. The standard InChI is InChI=1S/C21H12F2N2O2/c22-14-6-3-7-15(23)13(14)11-27-20-12-5-1-2-8-16(12)24-19-17-9-4-10-25(17)21(26)18(19)20/h1-10H,11H2. The number of benzene rings is 2. The molecule has 0 N–H and O–H groups in total. The van der Waals surface area contributed by atoms with Crippen LogP contribution >= 0.6 is 0 Å². The monoisotopic (exact) mass is 362 g/mol. The number of hydrogen-bond acceptors (Lipinski definition) is 3. The summed E-state index contributed by atoms with van der Waals surface area (Å²) in [5, 5.41) is 0.618. The van der Waals surface area contributed by atoms with Crippen molar-refractivity contribution in [2.75, 3.05) is 0 Å². The van der Waals surface area contributed by atoms with Crippen LogP contribution in [0, 0.1) is 11.6 Å². The number of halogens is 2. The number of rotatable bonds is 3. The molecule has 0 saturated heterocycles. The summed E-state index contributed by atoms with van der Waals surface area (Å²) in [6, 6.07) is 14.4. The lowest BCUT2D eigenvalue weighted by Crippen LogP contribution is -2.09. The molecule has 0 atom stereocenters. The minimum absolute atomic E-state index is 0.183. The Labute approximate surface area is 152 Å². The van der Waals surface area contributed by atoms with E-state index in [9.17, 15) is 13.6 Å². The zero-order valence-corrected chi connectivity index (χ0v) is 13.9. The van der Waals surface area contributed by atoms with Gasteiger partial charge in [-0.25, -0.2) is 13.8 Å². The predicted molar refractivity (Wildman–Crippen MR) is 95.6 cm³/mol. The number of carbonyl (C=O) groups is 1. The van der Waals surface area contributed by atoms with Gasteiger partial charge in [0.1, 0.15) is 35.2 Å². The van der Waals surface area contributed by atoms with Crippen molar-refractivity contribution < 1.29 is 18.3 Å². The average Bonchev–Trinajstić information content (AvgIpc) is 3.24. The summed E-state index contributed by atoms with van der Waals surface area (Å²) in [6.07, 6.45) is 1.66. The summed E-state index contributed by atoms with van der Waals surface area (Å²) in [5.41, 5.74) is 1.94. The van der Waals surface area contributed by atoms with Gasteiger partial charge in [0.2, 0.25) is 0 Å². The maximum absolute atomic E-state index is 14.0. The Balaban J connectivity index is 1.69. The van der Waals surface area contributed by atoms with Crippen molar-refractivity contribution in [3.8, 4) is 17.1 Å². The molecule has 132 valence electrons. The van der Waals surface area contributed by atoms with Gasteiger partial charge in [-0.2, -0.15) is 0 Å². The molecule has 0 amide bonds. The van der Waals surface area contributed by atoms with E-state index in [1.54, 1.807) is 30.5 Å². The molecule has 4 nitrogen and oxygen atoms in total. The van der Waals surface area contributed by atoms with E-state index in [-0.39, 0.29) is 23.8 Å². The smallest absolute Gasteiger partial charge is 0.268 e. The van der Waals surface area contributed by atoms with Gasteiger partial charge in [0.25, 0.3) is 5.91 Å². The van der Waals surface area contributed by atoms with Crippen LogP contribution in [0.1, 0.15) is 15.9 Å². The first kappa shape index (κ1) is 15.7. The van der Waals surface area contributed by atoms with Gasteiger partial charge in [-0.05, 0) is 36.4 Å². The van der Waals surface area contributed by atoms with E-state index in [0.29, 0.717) is 27.9 Å². The molecule has 0 fully saturated rings. The summed E-state index contributed by atoms with van der Waals surface area (Å²) in [7, 11) is 0. The van der Waals surface area contributed by atoms with Gasteiger partial charge in [-0.15, -0.1) is 0 Å². The van der Waals surface area contributed by atoms with Gasteiger partial charge in [0.05, 0.1) is 16.8 Å². The second-order valence-corrected chi connectivity index (χ2v) is 6.24. The van der Waals surface area contributed by atoms with Crippen LogP contribution in [0.25, 0.3) is 22.3 Å². The van der Waals surface area contributed by atoms with Crippen molar-refractivity contribution in [2.24, 2.45) is 0 Å². The number of pyridine rings is 1. The third-order valence-electron chi connectivity index (χ3n) is 4.69. The van der Waals surface area contributed by atoms with Crippen LogP contribution in [0.3, 0.4) is 0 Å². The van der Waals surface area contributed by atoms with Gasteiger partial charge in [-0.3, -0.25) is 9.36 Å². The molecule has 6 heteroatoms. The number of ether oxygens (including phenoxy) is 1. The van der Waals surface area contributed by atoms with Crippen LogP contribution in [0.4, 0.5) is 8.78 Å². The van der Waals surface area contributed by atoms with E-state index in [4.69, 9.17) is 4.74 Å². The van der Waals surface area contributed by atoms with Gasteiger partial charge in [0, 0.05) is 11.6 Å². The first-order valence-electron chi connectivity index (χ1n) is 8.36. The van der Waals surface area contributed by atoms with Crippen molar-refractivity contribution in [2.45, 2.75) is 6.61 Å². The van der Waals surface area contributed by atoms with Crippen molar-refractivity contribution in [1.82, 2.24) is 9.55 Å². The van der Waals surface area contributed by atoms with Crippen LogP contribution < -0.4 is 4.74 Å². The molecule has 2 aromatic heterocycles. The van der Waals surface area contributed by atoms with Crippen LogP contribution in [-0.2, 0) is 6.61 Å². The normalized spacial score (nSPS) is 12.3. The quantitative estimate of drug-likeness (QED) is 0.472. The molecule has 0 unspecified atom stereocenters. The molecule has 0 spiro atoms. The summed E-state index contributed by atoms with van der Waals surface area (Å²) in [4.78, 5) is 17.5. The van der Waals surface area contributed by atoms with E-state index in [0.717, 1.165) is 0 Å². The Bertz CT molecular complexity index is 1210. The Morgan fingerprint density at radius 2 is 1.74 bits per heavy atom. The van der Waals surface area contributed by atoms with Crippen molar-refractivity contribution in [1.29, 1.82) is 0 Å². The van der Waals surface area contributed by atoms with Gasteiger partial charge < -0.3 is 4.74 Å². The van der Waals surface area contributed by atoms with Gasteiger partial charge >= 0.3 is 0 Å². The van der Waals surface area contributed by atoms with E-state index >= 15 is 0 Å². The highest BCUT2D eigenvalue weighted by Crippen LogP contribution is 2.41. The number of carbonyl (C=O) groups excluding carboxylic acids is 1. The number of nitrogens with zero attached hydrogens (tertiary/aromatic N) is 2. The molecule has 4 aromatic rings. The lowest BCUT2D eigenvalue weighted by Gasteiger charge is -2.13. The predicted octanol–water partition coefficient (Wildman–Crippen LogP) is 4.56. The van der Waals surface area contributed by atoms with Gasteiger partial charge in [0.15, 0.2) is 0 Å². The first-order valence-corrected chi connectivity index (χ1v) is 8.36. The molecule has 0 aliphatic carbocycles. The van der Waals surface area contributed by atoms with Crippen molar-refractivity contribution >= 4 is 16.8 Å². The molecule has 0 bridgehead atoms. The minimum atomic E-state index is -0.692. The molecule has 0 saturated carbocycles. The van der Waals surface area contributed by atoms with E-state index in [2.05, 4.69) is 4.98 Å². The molecule has 1 aliphatic heterocycles. The second kappa shape index (κ2) is 5.74. The highest BCUT2D eigenvalue weighted by molar-refractivity contribution is 6.13. The zero-order chi connectivity index (χ0) is 18.5. The third kappa shape index (κ3) is 2.26. The maximum atomic E-state index is 14.0. The summed E-state index contributed by atoms with van der Waals surface area (Å²) < 4.78 is 35.3. The Morgan fingerprint density at radius 3 is 2.56 bits per heavy atom. The van der Waals surface area contributed by atoms with Crippen LogP contribution in [0.15, 0.2) is 60.8 Å². The molecular weight excluding hydrogens is 350 g/mol. The summed E-state index contributed by atoms with van der Waals surface area (Å²) >= 11 is 0. The van der Waals surface area contributed by atoms with Crippen LogP contribution in [0.2, 0.25) is 0 Å². The summed E-state index contributed by atoms with van der Waals surface area (Å²) in [6.45, 7) is -0.332. The topological polar surface area (TPSA) is 44.1 Å². The molecule has 27 heavy (non-hydrogen) atoms. The number of hydrogen-bond donors (Lipinski definition) is 0. The summed E-state index contributed by atoms with van der Waals surface area (Å²) in [5.74, 6) is -1.37. The van der Waals surface area contributed by atoms with Crippen molar-refractivity contribution in [3.05, 3.63) is 83.6 Å². The Morgan fingerprint density at radius 1 is 0.963 bits per heavy atom. The van der Waals surface area contributed by atoms with E-state index in [1.807, 2.05) is 12.1 Å². The fourth-order valence-electron chi connectivity index (χ4n) is 3.40. The molecular formula is C21H12F2N2O2. The zero-order valence-electron chi connectivity index (χ0n) is 13.9. The lowest BCUT2D eigenvalue weighted by molar-refractivity contribution is 0.0965. The second-order valence-electron chi connectivity index (χ2n) is 6.24. The Kier molecular flexibility index (Phi) is 3.33. The maximum Gasteiger partial charge on any atom is 0.268 e. The van der Waals surface area contributed by atoms with Crippen LogP contribution in [0.5, 0.6) is 5.75 Å². The van der Waals surface area contributed by atoms with Crippen molar-refractivity contribution in [3.63, 3.8) is 0 Å². The third-order valence-corrected chi connectivity index (χ3v) is 4.69. The minimum Gasteiger partial charge on any atom is -0.487 e. The SMILES string of the molecule is O=C1c2c(nc3ccccc3c2OCc2c(F)cccc2F)-c2cccn21. The molecule has 1 aliphatic rings. The molecule has 3 heterocycles. The highest BCUT2D eigenvalue weighted by atomic mass is 19.1. The molecule has 5 rings (SSSR count). The van der Waals surface area contributed by atoms with Crippen LogP contribution in [-0.4, -0.2) is 15.5 Å². The fourth-order valence-corrected chi connectivity index (χ4v) is 3.40. The lowest BCUT2D eigenvalue weighted by atomic mass is 10.1. The largest absolute Gasteiger partial charge is 0.487 e. The number of para-hydroxylation sites is 1. The molecule has 2 aromatic carbocycles. The average molecular weight is 362 g/mol. The van der Waals surface area contributed by atoms with Gasteiger partial charge in [-0.1, -0.05) is 18.2 Å². The molecule has 0 radical (unpaired) electrons. The van der Waals surface area contributed by atoms with E-state index in [1.165, 1.54) is 22.8 Å². The number of fused-ring (bicyclic) bond motifs is 4. The highest BCUT2D eigenvalue weighted by Gasteiger charge is 2.32. The fraction of sp³-hybridized carbons (Fsp3) is 0.0476.